The minimum absolute atomic E-state index is 0.275. The standard InChI is InChI=1S/C11H13F3N4OS/c1-3-7(15-4-9-18-17-6(2)19-9)10-16-8(5-20-10)11(12,13)14/h5,7,15H,3-4H2,1-2H3. The molecule has 0 bridgehead atoms. The van der Waals surface area contributed by atoms with Crippen molar-refractivity contribution in [2.24, 2.45) is 0 Å². The summed E-state index contributed by atoms with van der Waals surface area (Å²) < 4.78 is 42.7. The normalized spacial score (nSPS) is 13.7. The Bertz CT molecular complexity index is 566. The number of hydrogen-bond acceptors (Lipinski definition) is 6. The van der Waals surface area contributed by atoms with Gasteiger partial charge in [-0.1, -0.05) is 6.92 Å². The van der Waals surface area contributed by atoms with E-state index < -0.39 is 11.9 Å². The summed E-state index contributed by atoms with van der Waals surface area (Å²) in [4.78, 5) is 3.63. The molecule has 0 aromatic carbocycles. The van der Waals surface area contributed by atoms with Crippen LogP contribution >= 0.6 is 11.3 Å². The molecule has 0 radical (unpaired) electrons. The van der Waals surface area contributed by atoms with Crippen LogP contribution in [0.3, 0.4) is 0 Å². The third-order valence-electron chi connectivity index (χ3n) is 2.59. The van der Waals surface area contributed by atoms with Crippen LogP contribution in [-0.2, 0) is 12.7 Å². The minimum Gasteiger partial charge on any atom is -0.424 e. The predicted molar refractivity (Wildman–Crippen MR) is 66.0 cm³/mol. The lowest BCUT2D eigenvalue weighted by Gasteiger charge is -2.12. The molecule has 2 aromatic rings. The maximum absolute atomic E-state index is 12.5. The van der Waals surface area contributed by atoms with Crippen molar-refractivity contribution in [3.05, 3.63) is 27.9 Å². The number of nitrogens with zero attached hydrogens (tertiary/aromatic N) is 3. The number of alkyl halides is 3. The highest BCUT2D eigenvalue weighted by Crippen LogP contribution is 2.32. The Morgan fingerprint density at radius 1 is 1.40 bits per heavy atom. The second-order valence-electron chi connectivity index (χ2n) is 4.13. The van der Waals surface area contributed by atoms with E-state index in [1.165, 1.54) is 0 Å². The van der Waals surface area contributed by atoms with Crippen LogP contribution in [0.1, 0.15) is 41.9 Å². The molecular weight excluding hydrogens is 293 g/mol. The molecule has 0 saturated carbocycles. The van der Waals surface area contributed by atoms with E-state index in [4.69, 9.17) is 4.42 Å². The van der Waals surface area contributed by atoms with Crippen molar-refractivity contribution in [2.75, 3.05) is 0 Å². The highest BCUT2D eigenvalue weighted by atomic mass is 32.1. The minimum atomic E-state index is -4.41. The van der Waals surface area contributed by atoms with E-state index in [2.05, 4.69) is 20.5 Å². The molecule has 1 unspecified atom stereocenters. The van der Waals surface area contributed by atoms with Gasteiger partial charge in [0.1, 0.15) is 5.01 Å². The molecule has 9 heteroatoms. The van der Waals surface area contributed by atoms with E-state index in [0.717, 1.165) is 16.7 Å². The van der Waals surface area contributed by atoms with Crippen LogP contribution in [0.25, 0.3) is 0 Å². The highest BCUT2D eigenvalue weighted by Gasteiger charge is 2.34. The van der Waals surface area contributed by atoms with Crippen LogP contribution in [0.15, 0.2) is 9.80 Å². The molecule has 1 atom stereocenters. The monoisotopic (exact) mass is 306 g/mol. The largest absolute Gasteiger partial charge is 0.434 e. The maximum Gasteiger partial charge on any atom is 0.434 e. The molecule has 2 rings (SSSR count). The van der Waals surface area contributed by atoms with Gasteiger partial charge in [0.2, 0.25) is 11.8 Å². The van der Waals surface area contributed by atoms with Crippen LogP contribution in [0, 0.1) is 6.92 Å². The molecule has 110 valence electrons. The Morgan fingerprint density at radius 2 is 2.15 bits per heavy atom. The van der Waals surface area contributed by atoms with Crippen LogP contribution < -0.4 is 5.32 Å². The molecule has 20 heavy (non-hydrogen) atoms. The van der Waals surface area contributed by atoms with Crippen molar-refractivity contribution in [3.63, 3.8) is 0 Å². The van der Waals surface area contributed by atoms with Gasteiger partial charge in [0, 0.05) is 12.3 Å². The number of hydrogen-bond donors (Lipinski definition) is 1. The highest BCUT2D eigenvalue weighted by molar-refractivity contribution is 7.09. The molecule has 5 nitrogen and oxygen atoms in total. The van der Waals surface area contributed by atoms with E-state index >= 15 is 0 Å². The van der Waals surface area contributed by atoms with Crippen molar-refractivity contribution in [1.82, 2.24) is 20.5 Å². The van der Waals surface area contributed by atoms with Gasteiger partial charge in [0.25, 0.3) is 0 Å². The molecule has 1 N–H and O–H groups in total. The van der Waals surface area contributed by atoms with Gasteiger partial charge in [0.15, 0.2) is 5.69 Å². The van der Waals surface area contributed by atoms with Crippen LogP contribution in [0.2, 0.25) is 0 Å². The molecule has 0 aliphatic heterocycles. The molecule has 0 fully saturated rings. The average Bonchev–Trinajstić information content (AvgIpc) is 2.99. The summed E-state index contributed by atoms with van der Waals surface area (Å²) in [5.74, 6) is 0.844. The lowest BCUT2D eigenvalue weighted by molar-refractivity contribution is -0.140. The zero-order valence-electron chi connectivity index (χ0n) is 10.9. The molecule has 0 amide bonds. The Kier molecular flexibility index (Phi) is 4.39. The second-order valence-corrected chi connectivity index (χ2v) is 5.01. The fraction of sp³-hybridized carbons (Fsp3) is 0.545. The first kappa shape index (κ1) is 14.9. The van der Waals surface area contributed by atoms with Crippen molar-refractivity contribution >= 4 is 11.3 Å². The van der Waals surface area contributed by atoms with Gasteiger partial charge in [-0.3, -0.25) is 5.32 Å². The van der Waals surface area contributed by atoms with Crippen molar-refractivity contribution in [3.8, 4) is 0 Å². The summed E-state index contributed by atoms with van der Waals surface area (Å²) in [6, 6.07) is -0.275. The number of aryl methyl sites for hydroxylation is 1. The Morgan fingerprint density at radius 3 is 2.65 bits per heavy atom. The molecule has 2 aromatic heterocycles. The summed E-state index contributed by atoms with van der Waals surface area (Å²) in [5, 5.41) is 12.0. The average molecular weight is 306 g/mol. The fourth-order valence-corrected chi connectivity index (χ4v) is 2.59. The molecular formula is C11H13F3N4OS. The number of rotatable bonds is 5. The van der Waals surface area contributed by atoms with Gasteiger partial charge in [-0.15, -0.1) is 21.5 Å². The van der Waals surface area contributed by atoms with Crippen LogP contribution in [0.5, 0.6) is 0 Å². The van der Waals surface area contributed by atoms with E-state index in [-0.39, 0.29) is 6.04 Å². The lowest BCUT2D eigenvalue weighted by atomic mass is 10.2. The van der Waals surface area contributed by atoms with Gasteiger partial charge in [-0.05, 0) is 6.42 Å². The second kappa shape index (κ2) is 5.88. The van der Waals surface area contributed by atoms with Gasteiger partial charge < -0.3 is 4.42 Å². The molecule has 0 aliphatic carbocycles. The summed E-state index contributed by atoms with van der Waals surface area (Å²) in [7, 11) is 0. The fourth-order valence-electron chi connectivity index (χ4n) is 1.60. The maximum atomic E-state index is 12.5. The molecule has 0 aliphatic rings. The topological polar surface area (TPSA) is 63.8 Å². The summed E-state index contributed by atoms with van der Waals surface area (Å²) >= 11 is 0.989. The summed E-state index contributed by atoms with van der Waals surface area (Å²) in [5.41, 5.74) is -0.855. The number of aromatic nitrogens is 3. The van der Waals surface area contributed by atoms with Crippen LogP contribution in [0.4, 0.5) is 13.2 Å². The SMILES string of the molecule is CCC(NCc1nnc(C)o1)c1nc(C(F)(F)F)cs1. The summed E-state index contributed by atoms with van der Waals surface area (Å²) in [6.45, 7) is 3.83. The quantitative estimate of drug-likeness (QED) is 0.919. The van der Waals surface area contributed by atoms with Gasteiger partial charge in [0.05, 0.1) is 12.6 Å². The number of nitrogens with one attached hydrogen (secondary N) is 1. The van der Waals surface area contributed by atoms with Gasteiger partial charge in [-0.2, -0.15) is 13.2 Å². The van der Waals surface area contributed by atoms with Gasteiger partial charge in [-0.25, -0.2) is 4.98 Å². The lowest BCUT2D eigenvalue weighted by Crippen LogP contribution is -2.20. The zero-order valence-corrected chi connectivity index (χ0v) is 11.7. The Labute approximate surface area is 117 Å². The van der Waals surface area contributed by atoms with Crippen molar-refractivity contribution in [2.45, 2.75) is 39.0 Å². The molecule has 0 saturated heterocycles. The molecule has 2 heterocycles. The number of thiazole rings is 1. The molecule has 0 spiro atoms. The third kappa shape index (κ3) is 3.54. The predicted octanol–water partition coefficient (Wildman–Crippen LogP) is 3.09. The van der Waals surface area contributed by atoms with E-state index in [1.54, 1.807) is 6.92 Å². The first-order valence-electron chi connectivity index (χ1n) is 5.95. The van der Waals surface area contributed by atoms with E-state index in [0.29, 0.717) is 29.8 Å². The zero-order chi connectivity index (χ0) is 14.8. The van der Waals surface area contributed by atoms with Crippen LogP contribution in [-0.4, -0.2) is 15.2 Å². The van der Waals surface area contributed by atoms with Gasteiger partial charge >= 0.3 is 6.18 Å². The van der Waals surface area contributed by atoms with E-state index in [1.807, 2.05) is 6.92 Å². The first-order valence-corrected chi connectivity index (χ1v) is 6.83. The van der Waals surface area contributed by atoms with Crippen molar-refractivity contribution in [1.29, 1.82) is 0 Å². The third-order valence-corrected chi connectivity index (χ3v) is 3.54. The summed E-state index contributed by atoms with van der Waals surface area (Å²) in [6.07, 6.45) is -3.80. The Balaban J connectivity index is 2.03. The smallest absolute Gasteiger partial charge is 0.424 e. The number of halogens is 3. The first-order chi connectivity index (χ1) is 9.40. The van der Waals surface area contributed by atoms with Crippen molar-refractivity contribution < 1.29 is 17.6 Å². The Hall–Kier alpha value is -1.48. The van der Waals surface area contributed by atoms with E-state index in [9.17, 15) is 13.2 Å².